The van der Waals surface area contributed by atoms with E-state index in [2.05, 4.69) is 17.1 Å². The molecule has 2 N–H and O–H groups in total. The standard InChI is InChI=1S/C9H12N4/c1-2-4-8-11-12-9-6-3-5-7(10)13(8)9/h3,5-6H,2,4,10H2,1H3. The zero-order valence-electron chi connectivity index (χ0n) is 7.57. The Morgan fingerprint density at radius 3 is 3.00 bits per heavy atom. The number of aromatic nitrogens is 3. The van der Waals surface area contributed by atoms with Crippen LogP contribution in [0.25, 0.3) is 5.65 Å². The summed E-state index contributed by atoms with van der Waals surface area (Å²) in [6.45, 7) is 2.11. The van der Waals surface area contributed by atoms with Crippen LogP contribution in [0.5, 0.6) is 0 Å². The van der Waals surface area contributed by atoms with Gasteiger partial charge in [0.05, 0.1) is 0 Å². The highest BCUT2D eigenvalue weighted by Crippen LogP contribution is 2.10. The molecule has 2 rings (SSSR count). The van der Waals surface area contributed by atoms with Gasteiger partial charge in [-0.2, -0.15) is 0 Å². The Morgan fingerprint density at radius 1 is 1.38 bits per heavy atom. The van der Waals surface area contributed by atoms with Crippen LogP contribution in [0.3, 0.4) is 0 Å². The summed E-state index contributed by atoms with van der Waals surface area (Å²) in [7, 11) is 0. The summed E-state index contributed by atoms with van der Waals surface area (Å²) in [5, 5.41) is 8.11. The Balaban J connectivity index is 2.64. The molecule has 0 fully saturated rings. The number of anilines is 1. The van der Waals surface area contributed by atoms with E-state index >= 15 is 0 Å². The third kappa shape index (κ3) is 1.24. The van der Waals surface area contributed by atoms with Crippen LogP contribution >= 0.6 is 0 Å². The lowest BCUT2D eigenvalue weighted by Crippen LogP contribution is -2.00. The van der Waals surface area contributed by atoms with Gasteiger partial charge >= 0.3 is 0 Å². The second kappa shape index (κ2) is 3.05. The van der Waals surface area contributed by atoms with Crippen LogP contribution in [0, 0.1) is 0 Å². The van der Waals surface area contributed by atoms with E-state index in [1.165, 1.54) is 0 Å². The molecule has 2 heterocycles. The van der Waals surface area contributed by atoms with E-state index in [1.807, 2.05) is 22.6 Å². The first-order chi connectivity index (χ1) is 6.33. The van der Waals surface area contributed by atoms with Gasteiger partial charge in [0.15, 0.2) is 5.65 Å². The number of rotatable bonds is 2. The van der Waals surface area contributed by atoms with E-state index in [0.717, 1.165) is 24.3 Å². The highest BCUT2D eigenvalue weighted by atomic mass is 15.3. The summed E-state index contributed by atoms with van der Waals surface area (Å²) in [4.78, 5) is 0. The number of hydrogen-bond donors (Lipinski definition) is 1. The Morgan fingerprint density at radius 2 is 2.23 bits per heavy atom. The van der Waals surface area contributed by atoms with Gasteiger partial charge < -0.3 is 5.73 Å². The summed E-state index contributed by atoms with van der Waals surface area (Å²) in [5.74, 6) is 1.64. The molecular formula is C9H12N4. The van der Waals surface area contributed by atoms with Crippen molar-refractivity contribution >= 4 is 11.5 Å². The average molecular weight is 176 g/mol. The lowest BCUT2D eigenvalue weighted by Gasteiger charge is -2.00. The van der Waals surface area contributed by atoms with Crippen molar-refractivity contribution in [2.45, 2.75) is 19.8 Å². The van der Waals surface area contributed by atoms with Crippen molar-refractivity contribution in [1.82, 2.24) is 14.6 Å². The van der Waals surface area contributed by atoms with Gasteiger partial charge in [-0.15, -0.1) is 10.2 Å². The summed E-state index contributed by atoms with van der Waals surface area (Å²) in [6.07, 6.45) is 1.96. The highest BCUT2D eigenvalue weighted by molar-refractivity contribution is 5.47. The quantitative estimate of drug-likeness (QED) is 0.749. The molecule has 0 aliphatic rings. The predicted molar refractivity (Wildman–Crippen MR) is 51.4 cm³/mol. The Kier molecular flexibility index (Phi) is 1.88. The van der Waals surface area contributed by atoms with E-state index in [9.17, 15) is 0 Å². The average Bonchev–Trinajstić information content (AvgIpc) is 2.51. The van der Waals surface area contributed by atoms with Gasteiger partial charge in [-0.25, -0.2) is 0 Å². The molecule has 0 saturated heterocycles. The SMILES string of the molecule is CCCc1nnc2cccc(N)n12. The van der Waals surface area contributed by atoms with Gasteiger partial charge in [0, 0.05) is 6.42 Å². The first-order valence-electron chi connectivity index (χ1n) is 4.41. The molecule has 0 spiro atoms. The Hall–Kier alpha value is -1.58. The molecule has 0 amide bonds. The summed E-state index contributed by atoms with van der Waals surface area (Å²) >= 11 is 0. The highest BCUT2D eigenvalue weighted by Gasteiger charge is 2.05. The molecule has 0 radical (unpaired) electrons. The third-order valence-electron chi connectivity index (χ3n) is 2.00. The predicted octanol–water partition coefficient (Wildman–Crippen LogP) is 1.26. The molecule has 4 nitrogen and oxygen atoms in total. The maximum Gasteiger partial charge on any atom is 0.162 e. The number of nitrogens with two attached hydrogens (primary N) is 1. The number of nitrogens with zero attached hydrogens (tertiary/aromatic N) is 3. The Bertz CT molecular complexity index is 418. The van der Waals surface area contributed by atoms with Crippen LogP contribution in [0.2, 0.25) is 0 Å². The minimum absolute atomic E-state index is 0.700. The van der Waals surface area contributed by atoms with Gasteiger partial charge in [0.2, 0.25) is 0 Å². The van der Waals surface area contributed by atoms with E-state index < -0.39 is 0 Å². The lowest BCUT2D eigenvalue weighted by atomic mass is 10.3. The maximum atomic E-state index is 5.81. The lowest BCUT2D eigenvalue weighted by molar-refractivity contribution is 0.821. The first-order valence-corrected chi connectivity index (χ1v) is 4.41. The second-order valence-corrected chi connectivity index (χ2v) is 3.01. The van der Waals surface area contributed by atoms with E-state index in [1.54, 1.807) is 0 Å². The minimum atomic E-state index is 0.700. The monoisotopic (exact) mass is 176 g/mol. The van der Waals surface area contributed by atoms with Crippen molar-refractivity contribution in [3.8, 4) is 0 Å². The number of nitrogen functional groups attached to an aromatic ring is 1. The van der Waals surface area contributed by atoms with Crippen LogP contribution in [-0.2, 0) is 6.42 Å². The number of pyridine rings is 1. The molecule has 68 valence electrons. The zero-order valence-corrected chi connectivity index (χ0v) is 7.57. The Labute approximate surface area is 76.4 Å². The smallest absolute Gasteiger partial charge is 0.162 e. The topological polar surface area (TPSA) is 56.2 Å². The summed E-state index contributed by atoms with van der Waals surface area (Å²) in [6, 6.07) is 5.65. The van der Waals surface area contributed by atoms with Crippen LogP contribution in [0.15, 0.2) is 18.2 Å². The van der Waals surface area contributed by atoms with Crippen molar-refractivity contribution < 1.29 is 0 Å². The first kappa shape index (κ1) is 8.04. The second-order valence-electron chi connectivity index (χ2n) is 3.01. The fraction of sp³-hybridized carbons (Fsp3) is 0.333. The number of fused-ring (bicyclic) bond motifs is 1. The molecule has 0 aromatic carbocycles. The molecule has 0 saturated carbocycles. The number of aryl methyl sites for hydroxylation is 1. The molecule has 2 aromatic heterocycles. The van der Waals surface area contributed by atoms with E-state index in [0.29, 0.717) is 5.82 Å². The van der Waals surface area contributed by atoms with Crippen LogP contribution < -0.4 is 5.73 Å². The molecule has 0 bridgehead atoms. The molecule has 4 heteroatoms. The van der Waals surface area contributed by atoms with Crippen molar-refractivity contribution in [2.24, 2.45) is 0 Å². The molecule has 0 aliphatic heterocycles. The van der Waals surface area contributed by atoms with Crippen LogP contribution in [0.1, 0.15) is 19.2 Å². The van der Waals surface area contributed by atoms with Gasteiger partial charge in [-0.3, -0.25) is 4.40 Å². The van der Waals surface area contributed by atoms with Crippen LogP contribution in [0.4, 0.5) is 5.82 Å². The zero-order chi connectivity index (χ0) is 9.26. The van der Waals surface area contributed by atoms with E-state index in [-0.39, 0.29) is 0 Å². The summed E-state index contributed by atoms with van der Waals surface area (Å²) < 4.78 is 1.89. The molecule has 0 unspecified atom stereocenters. The molecule has 0 atom stereocenters. The molecule has 0 aliphatic carbocycles. The maximum absolute atomic E-state index is 5.81. The van der Waals surface area contributed by atoms with Gasteiger partial charge in [-0.05, 0) is 18.6 Å². The molecule has 2 aromatic rings. The third-order valence-corrected chi connectivity index (χ3v) is 2.00. The van der Waals surface area contributed by atoms with Gasteiger partial charge in [0.25, 0.3) is 0 Å². The van der Waals surface area contributed by atoms with Crippen LogP contribution in [-0.4, -0.2) is 14.6 Å². The van der Waals surface area contributed by atoms with Crippen molar-refractivity contribution in [2.75, 3.05) is 5.73 Å². The van der Waals surface area contributed by atoms with Gasteiger partial charge in [0.1, 0.15) is 11.6 Å². The molecular weight excluding hydrogens is 164 g/mol. The van der Waals surface area contributed by atoms with Crippen molar-refractivity contribution in [3.05, 3.63) is 24.0 Å². The fourth-order valence-corrected chi connectivity index (χ4v) is 1.41. The van der Waals surface area contributed by atoms with E-state index in [4.69, 9.17) is 5.73 Å². The van der Waals surface area contributed by atoms with Crippen molar-refractivity contribution in [1.29, 1.82) is 0 Å². The minimum Gasteiger partial charge on any atom is -0.385 e. The number of hydrogen-bond acceptors (Lipinski definition) is 3. The molecule has 13 heavy (non-hydrogen) atoms. The largest absolute Gasteiger partial charge is 0.385 e. The van der Waals surface area contributed by atoms with Gasteiger partial charge in [-0.1, -0.05) is 13.0 Å². The van der Waals surface area contributed by atoms with Crippen molar-refractivity contribution in [3.63, 3.8) is 0 Å². The fourth-order valence-electron chi connectivity index (χ4n) is 1.41. The summed E-state index contributed by atoms with van der Waals surface area (Å²) in [5.41, 5.74) is 6.64. The normalized spacial score (nSPS) is 10.8.